The minimum Gasteiger partial charge on any atom is -0.756 e. The predicted octanol–water partition coefficient (Wildman–Crippen LogP) is 6.33. The van der Waals surface area contributed by atoms with Crippen molar-refractivity contribution >= 4 is 25.7 Å². The molecule has 0 aromatic rings. The lowest BCUT2D eigenvalue weighted by Crippen LogP contribution is -2.37. The minimum atomic E-state index is -4.65. The fourth-order valence-electron chi connectivity index (χ4n) is 4.14. The Hall–Kier alpha value is -1.78. The molecule has 0 aliphatic rings. The number of esters is 2. The van der Waals surface area contributed by atoms with E-state index in [9.17, 15) is 23.8 Å². The Morgan fingerprint density at radius 1 is 0.750 bits per heavy atom. The maximum absolute atomic E-state index is 12.5. The van der Waals surface area contributed by atoms with Crippen LogP contribution in [0.3, 0.4) is 0 Å². The van der Waals surface area contributed by atoms with Gasteiger partial charge in [0.25, 0.3) is 7.82 Å². The largest absolute Gasteiger partial charge is 0.756 e. The number of carboxylic acid groups (broad SMARTS) is 1. The zero-order valence-corrected chi connectivity index (χ0v) is 28.7. The van der Waals surface area contributed by atoms with Crippen molar-refractivity contribution in [2.75, 3.05) is 47.5 Å². The lowest BCUT2D eigenvalue weighted by Gasteiger charge is -2.28. The van der Waals surface area contributed by atoms with Crippen LogP contribution in [0.2, 0.25) is 0 Å². The van der Waals surface area contributed by atoms with Gasteiger partial charge in [0.1, 0.15) is 19.8 Å². The topological polar surface area (TPSA) is 148 Å². The Labute approximate surface area is 265 Å². The molecule has 11 nitrogen and oxygen atoms in total. The molecule has 0 amide bonds. The summed E-state index contributed by atoms with van der Waals surface area (Å²) in [5.41, 5.74) is 0. The molecule has 12 heteroatoms. The number of quaternary nitrogens is 1. The highest BCUT2D eigenvalue weighted by molar-refractivity contribution is 7.45. The van der Waals surface area contributed by atoms with Crippen LogP contribution in [0.1, 0.15) is 122 Å². The number of carbonyl (C=O) groups is 3. The van der Waals surface area contributed by atoms with Gasteiger partial charge in [0.15, 0.2) is 6.10 Å². The number of phosphoric acid groups is 1. The summed E-state index contributed by atoms with van der Waals surface area (Å²) < 4.78 is 33.2. The highest BCUT2D eigenvalue weighted by Gasteiger charge is 2.21. The van der Waals surface area contributed by atoms with Crippen LogP contribution in [0.25, 0.3) is 0 Å². The highest BCUT2D eigenvalue weighted by atomic mass is 31.2. The van der Waals surface area contributed by atoms with Gasteiger partial charge in [0.05, 0.1) is 27.7 Å². The normalized spacial score (nSPS) is 13.9. The molecule has 1 unspecified atom stereocenters. The fourth-order valence-corrected chi connectivity index (χ4v) is 4.87. The Bertz CT molecular complexity index is 843. The van der Waals surface area contributed by atoms with E-state index in [4.69, 9.17) is 23.6 Å². The summed E-state index contributed by atoms with van der Waals surface area (Å²) in [4.78, 5) is 47.4. The van der Waals surface area contributed by atoms with Gasteiger partial charge in [-0.1, -0.05) is 70.4 Å². The summed E-state index contributed by atoms with van der Waals surface area (Å²) in [5.74, 6) is -1.87. The van der Waals surface area contributed by atoms with E-state index in [1.165, 1.54) is 25.7 Å². The number of carboxylic acids is 1. The van der Waals surface area contributed by atoms with Gasteiger partial charge in [0, 0.05) is 19.3 Å². The first-order chi connectivity index (χ1) is 20.8. The maximum Gasteiger partial charge on any atom is 0.306 e. The molecular weight excluding hydrogens is 589 g/mol. The van der Waals surface area contributed by atoms with E-state index in [0.29, 0.717) is 43.1 Å². The van der Waals surface area contributed by atoms with Crippen molar-refractivity contribution in [3.05, 3.63) is 12.2 Å². The third-order valence-electron chi connectivity index (χ3n) is 6.82. The zero-order valence-electron chi connectivity index (χ0n) is 27.8. The third kappa shape index (κ3) is 30.3. The lowest BCUT2D eigenvalue weighted by molar-refractivity contribution is -0.870. The number of ether oxygens (including phenoxy) is 2. The number of allylic oxidation sites excluding steroid dienone is 2. The summed E-state index contributed by atoms with van der Waals surface area (Å²) in [7, 11) is 1.04. The van der Waals surface area contributed by atoms with Crippen molar-refractivity contribution in [1.29, 1.82) is 0 Å². The van der Waals surface area contributed by atoms with E-state index >= 15 is 0 Å². The van der Waals surface area contributed by atoms with Crippen molar-refractivity contribution in [3.63, 3.8) is 0 Å². The summed E-state index contributed by atoms with van der Waals surface area (Å²) >= 11 is 0. The van der Waals surface area contributed by atoms with Gasteiger partial charge in [-0.3, -0.25) is 18.9 Å². The molecule has 0 aromatic heterocycles. The van der Waals surface area contributed by atoms with Crippen LogP contribution in [0.5, 0.6) is 0 Å². The van der Waals surface area contributed by atoms with Gasteiger partial charge >= 0.3 is 17.9 Å². The average Bonchev–Trinajstić information content (AvgIpc) is 2.93. The molecule has 0 aliphatic carbocycles. The number of rotatable bonds is 30. The van der Waals surface area contributed by atoms with Crippen molar-refractivity contribution in [2.45, 2.75) is 129 Å². The van der Waals surface area contributed by atoms with E-state index in [0.717, 1.165) is 38.5 Å². The summed E-state index contributed by atoms with van der Waals surface area (Å²) in [6, 6.07) is 0. The van der Waals surface area contributed by atoms with E-state index in [2.05, 4.69) is 19.1 Å². The van der Waals surface area contributed by atoms with E-state index < -0.39 is 38.4 Å². The monoisotopic (exact) mass is 649 g/mol. The molecule has 44 heavy (non-hydrogen) atoms. The van der Waals surface area contributed by atoms with Gasteiger partial charge in [-0.05, 0) is 44.9 Å². The quantitative estimate of drug-likeness (QED) is 0.0308. The number of hydrogen-bond donors (Lipinski definition) is 1. The van der Waals surface area contributed by atoms with E-state index in [1.807, 2.05) is 21.1 Å². The standard InChI is InChI=1S/C32H60NO10P/c1-5-6-7-8-9-10-11-12-13-14-15-16-21-24-32(37)43-29(28-42-44(38,39)41-26-25-33(2,3)4)27-40-31(36)23-20-18-17-19-22-30(34)35/h10-11,29H,5-9,12-28H2,1-4H3,(H-,34,35,38,39)/b11-10-/t29-/m1/s1. The number of hydrogen-bond acceptors (Lipinski definition) is 9. The second-order valence-electron chi connectivity index (χ2n) is 12.3. The van der Waals surface area contributed by atoms with Gasteiger partial charge in [-0.25, -0.2) is 0 Å². The van der Waals surface area contributed by atoms with Crippen molar-refractivity contribution in [1.82, 2.24) is 0 Å². The smallest absolute Gasteiger partial charge is 0.306 e. The Morgan fingerprint density at radius 3 is 1.84 bits per heavy atom. The molecule has 0 saturated carbocycles. The molecule has 0 fully saturated rings. The molecule has 0 rings (SSSR count). The summed E-state index contributed by atoms with van der Waals surface area (Å²) in [6.45, 7) is 1.73. The van der Waals surface area contributed by atoms with Crippen LogP contribution in [-0.2, 0) is 37.5 Å². The molecule has 0 aromatic carbocycles. The molecule has 2 atom stereocenters. The second-order valence-corrected chi connectivity index (χ2v) is 13.7. The van der Waals surface area contributed by atoms with Crippen molar-refractivity contribution < 1.29 is 52.0 Å². The molecule has 0 aliphatic heterocycles. The van der Waals surface area contributed by atoms with Crippen molar-refractivity contribution in [3.8, 4) is 0 Å². The highest BCUT2D eigenvalue weighted by Crippen LogP contribution is 2.38. The van der Waals surface area contributed by atoms with Gasteiger partial charge in [-0.2, -0.15) is 0 Å². The Morgan fingerprint density at radius 2 is 1.27 bits per heavy atom. The summed E-state index contributed by atoms with van der Waals surface area (Å²) in [5, 5.41) is 8.68. The van der Waals surface area contributed by atoms with Crippen LogP contribution in [0, 0.1) is 0 Å². The first-order valence-corrected chi connectivity index (χ1v) is 17.9. The van der Waals surface area contributed by atoms with Crippen LogP contribution in [0.4, 0.5) is 0 Å². The number of phosphoric ester groups is 1. The number of likely N-dealkylation sites (N-methyl/N-ethyl adjacent to an activating group) is 1. The first-order valence-electron chi connectivity index (χ1n) is 16.5. The SMILES string of the molecule is CCCCCC/C=C\CCCCCCCC(=O)O[C@H](COC(=O)CCCCCCC(=O)O)COP(=O)([O-])OCC[N+](C)(C)C. The van der Waals surface area contributed by atoms with E-state index in [1.54, 1.807) is 0 Å². The maximum atomic E-state index is 12.5. The first kappa shape index (κ1) is 42.2. The molecule has 1 N–H and O–H groups in total. The van der Waals surface area contributed by atoms with Gasteiger partial charge in [-0.15, -0.1) is 0 Å². The molecule has 0 bridgehead atoms. The molecule has 0 radical (unpaired) electrons. The lowest BCUT2D eigenvalue weighted by atomic mass is 10.1. The van der Waals surface area contributed by atoms with Crippen LogP contribution in [0.15, 0.2) is 12.2 Å². The van der Waals surface area contributed by atoms with Crippen LogP contribution >= 0.6 is 7.82 Å². The van der Waals surface area contributed by atoms with Gasteiger partial charge < -0.3 is 33.0 Å². The van der Waals surface area contributed by atoms with Crippen LogP contribution in [-0.4, -0.2) is 81.1 Å². The second kappa shape index (κ2) is 26.4. The fraction of sp³-hybridized carbons (Fsp3) is 0.844. The zero-order chi connectivity index (χ0) is 33.1. The number of unbranched alkanes of at least 4 members (excludes halogenated alkanes) is 12. The average molecular weight is 650 g/mol. The molecule has 0 saturated heterocycles. The van der Waals surface area contributed by atoms with E-state index in [-0.39, 0.29) is 32.5 Å². The van der Waals surface area contributed by atoms with Crippen molar-refractivity contribution in [2.24, 2.45) is 0 Å². The van der Waals surface area contributed by atoms with Gasteiger partial charge in [0.2, 0.25) is 0 Å². The molecule has 258 valence electrons. The van der Waals surface area contributed by atoms with Crippen LogP contribution < -0.4 is 4.89 Å². The number of nitrogens with zero attached hydrogens (tertiary/aromatic N) is 1. The third-order valence-corrected chi connectivity index (χ3v) is 7.79. The Kier molecular flexibility index (Phi) is 25.4. The molecule has 0 heterocycles. The Balaban J connectivity index is 4.50. The number of aliphatic carboxylic acids is 1. The number of carbonyl (C=O) groups excluding carboxylic acids is 2. The summed E-state index contributed by atoms with van der Waals surface area (Å²) in [6.07, 6.45) is 18.4. The minimum absolute atomic E-state index is 0.0640. The predicted molar refractivity (Wildman–Crippen MR) is 169 cm³/mol. The molecule has 0 spiro atoms. The molecular formula is C32H60NO10P.